The summed E-state index contributed by atoms with van der Waals surface area (Å²) < 4.78 is 27.7. The summed E-state index contributed by atoms with van der Waals surface area (Å²) >= 11 is 0. The fraction of sp³-hybridized carbons (Fsp3) is 0.143. The molecule has 30 heavy (non-hydrogen) atoms. The number of nitrogens with zero attached hydrogens (tertiary/aromatic N) is 3. The number of hydrogen-bond donors (Lipinski definition) is 1. The molecule has 2 aromatic carbocycles. The lowest BCUT2D eigenvalue weighted by molar-refractivity contribution is -0.384. The molecule has 1 N–H and O–H groups in total. The summed E-state index contributed by atoms with van der Waals surface area (Å²) in [4.78, 5) is 28.8. The van der Waals surface area contributed by atoms with Crippen molar-refractivity contribution < 1.29 is 18.5 Å². The molecule has 0 spiro atoms. The third-order valence-corrected chi connectivity index (χ3v) is 4.30. The Morgan fingerprint density at radius 1 is 1.10 bits per heavy atom. The van der Waals surface area contributed by atoms with Gasteiger partial charge in [0.15, 0.2) is 0 Å². The highest BCUT2D eigenvalue weighted by molar-refractivity contribution is 5.93. The molecule has 9 heteroatoms. The molecule has 0 aliphatic heterocycles. The second kappa shape index (κ2) is 9.55. The van der Waals surface area contributed by atoms with Crippen LogP contribution in [-0.4, -0.2) is 22.4 Å². The number of rotatable bonds is 8. The molecule has 0 radical (unpaired) electrons. The van der Waals surface area contributed by atoms with Crippen molar-refractivity contribution in [3.8, 4) is 0 Å². The van der Waals surface area contributed by atoms with Gasteiger partial charge in [0.1, 0.15) is 17.3 Å². The predicted octanol–water partition coefficient (Wildman–Crippen LogP) is 4.30. The van der Waals surface area contributed by atoms with Crippen LogP contribution in [-0.2, 0) is 11.3 Å². The summed E-state index contributed by atoms with van der Waals surface area (Å²) in [5, 5.41) is 14.0. The number of hydrogen-bond acceptors (Lipinski definition) is 5. The fourth-order valence-electron chi connectivity index (χ4n) is 2.88. The van der Waals surface area contributed by atoms with Gasteiger partial charge in [-0.15, -0.1) is 0 Å². The van der Waals surface area contributed by atoms with Crippen LogP contribution in [0.5, 0.6) is 0 Å². The maximum atomic E-state index is 14.3. The number of carbonyl (C=O) groups excluding carboxylic acids is 1. The molecule has 1 heterocycles. The lowest BCUT2D eigenvalue weighted by atomic mass is 10.2. The molecule has 0 saturated heterocycles. The first-order valence-corrected chi connectivity index (χ1v) is 9.08. The molecule has 3 aromatic rings. The molecular formula is C21H18F2N4O3. The van der Waals surface area contributed by atoms with Crippen LogP contribution in [0.2, 0.25) is 0 Å². The summed E-state index contributed by atoms with van der Waals surface area (Å²) in [5.74, 6) is -2.07. The van der Waals surface area contributed by atoms with Crippen LogP contribution in [0.1, 0.15) is 12.1 Å². The molecule has 7 nitrogen and oxygen atoms in total. The van der Waals surface area contributed by atoms with E-state index in [1.165, 1.54) is 23.1 Å². The molecule has 0 fully saturated rings. The number of benzene rings is 2. The van der Waals surface area contributed by atoms with E-state index in [0.29, 0.717) is 11.8 Å². The minimum Gasteiger partial charge on any atom is -0.379 e. The Labute approximate surface area is 171 Å². The Morgan fingerprint density at radius 3 is 2.57 bits per heavy atom. The van der Waals surface area contributed by atoms with Crippen LogP contribution in [0, 0.1) is 21.7 Å². The topological polar surface area (TPSA) is 88.4 Å². The van der Waals surface area contributed by atoms with Crippen LogP contribution in [0.4, 0.5) is 25.8 Å². The molecule has 0 unspecified atom stereocenters. The number of nitro groups is 1. The van der Waals surface area contributed by atoms with Gasteiger partial charge in [0.05, 0.1) is 22.8 Å². The van der Waals surface area contributed by atoms with Crippen LogP contribution in [0.3, 0.4) is 0 Å². The highest BCUT2D eigenvalue weighted by Gasteiger charge is 2.21. The first kappa shape index (κ1) is 20.8. The second-order valence-corrected chi connectivity index (χ2v) is 6.35. The van der Waals surface area contributed by atoms with Crippen LogP contribution in [0.15, 0.2) is 66.9 Å². The molecule has 0 aliphatic carbocycles. The summed E-state index contributed by atoms with van der Waals surface area (Å²) in [6.07, 6.45) is 1.48. The molecule has 0 saturated carbocycles. The fourth-order valence-corrected chi connectivity index (χ4v) is 2.88. The van der Waals surface area contributed by atoms with Crippen molar-refractivity contribution in [1.29, 1.82) is 0 Å². The van der Waals surface area contributed by atoms with E-state index >= 15 is 0 Å². The molecule has 154 valence electrons. The van der Waals surface area contributed by atoms with Gasteiger partial charge in [-0.05, 0) is 30.3 Å². The van der Waals surface area contributed by atoms with E-state index in [2.05, 4.69) is 10.3 Å². The number of halogens is 2. The molecule has 1 amide bonds. The molecule has 1 aromatic heterocycles. The van der Waals surface area contributed by atoms with Crippen molar-refractivity contribution in [1.82, 2.24) is 4.98 Å². The van der Waals surface area contributed by atoms with E-state index in [0.717, 1.165) is 6.07 Å². The number of nitro benzene ring substituents is 1. The molecular weight excluding hydrogens is 394 g/mol. The predicted molar refractivity (Wildman–Crippen MR) is 108 cm³/mol. The van der Waals surface area contributed by atoms with Gasteiger partial charge in [0.25, 0.3) is 5.69 Å². The minimum absolute atomic E-state index is 0.00624. The molecule has 0 atom stereocenters. The Hall–Kier alpha value is -3.88. The quantitative estimate of drug-likeness (QED) is 0.440. The highest BCUT2D eigenvalue weighted by Crippen LogP contribution is 2.25. The summed E-state index contributed by atoms with van der Waals surface area (Å²) in [6.45, 7) is 0.0823. The van der Waals surface area contributed by atoms with E-state index < -0.39 is 22.5 Å². The van der Waals surface area contributed by atoms with Gasteiger partial charge in [0, 0.05) is 31.3 Å². The van der Waals surface area contributed by atoms with Gasteiger partial charge in [0.2, 0.25) is 5.91 Å². The van der Waals surface area contributed by atoms with E-state index in [4.69, 9.17) is 0 Å². The zero-order valence-electron chi connectivity index (χ0n) is 15.8. The summed E-state index contributed by atoms with van der Waals surface area (Å²) in [6, 6.07) is 14.2. The van der Waals surface area contributed by atoms with Gasteiger partial charge in [-0.3, -0.25) is 19.9 Å². The third-order valence-electron chi connectivity index (χ3n) is 4.30. The van der Waals surface area contributed by atoms with E-state index in [1.807, 2.05) is 0 Å². The Kier molecular flexibility index (Phi) is 6.63. The molecule has 0 aliphatic rings. The first-order valence-electron chi connectivity index (χ1n) is 9.08. The number of aromatic nitrogens is 1. The van der Waals surface area contributed by atoms with Crippen molar-refractivity contribution in [2.45, 2.75) is 13.0 Å². The van der Waals surface area contributed by atoms with E-state index in [-0.39, 0.29) is 36.6 Å². The average Bonchev–Trinajstić information content (AvgIpc) is 2.73. The number of nitrogens with one attached hydrogen (secondary N) is 1. The van der Waals surface area contributed by atoms with Crippen LogP contribution >= 0.6 is 0 Å². The van der Waals surface area contributed by atoms with Crippen molar-refractivity contribution >= 4 is 23.0 Å². The third kappa shape index (κ3) is 5.13. The smallest absolute Gasteiger partial charge is 0.292 e. The van der Waals surface area contributed by atoms with Gasteiger partial charge < -0.3 is 10.2 Å². The van der Waals surface area contributed by atoms with Crippen molar-refractivity contribution in [3.63, 3.8) is 0 Å². The Balaban J connectivity index is 1.76. The number of pyridine rings is 1. The van der Waals surface area contributed by atoms with Crippen LogP contribution < -0.4 is 10.2 Å². The lowest BCUT2D eigenvalue weighted by Gasteiger charge is -2.23. The lowest BCUT2D eigenvalue weighted by Crippen LogP contribution is -2.32. The zero-order chi connectivity index (χ0) is 21.5. The molecule has 0 bridgehead atoms. The SMILES string of the molecule is O=C(CCNc1ccccc1[N+](=O)[O-])N(Cc1ccccn1)c1ccc(F)cc1F. The van der Waals surface area contributed by atoms with Gasteiger partial charge >= 0.3 is 0 Å². The summed E-state index contributed by atoms with van der Waals surface area (Å²) in [7, 11) is 0. The second-order valence-electron chi connectivity index (χ2n) is 6.35. The first-order chi connectivity index (χ1) is 14.5. The normalized spacial score (nSPS) is 10.5. The molecule has 3 rings (SSSR count). The number of carbonyl (C=O) groups is 1. The summed E-state index contributed by atoms with van der Waals surface area (Å²) in [5.41, 5.74) is 0.624. The maximum Gasteiger partial charge on any atom is 0.292 e. The number of para-hydroxylation sites is 2. The van der Waals surface area contributed by atoms with E-state index in [1.54, 1.807) is 36.5 Å². The maximum absolute atomic E-state index is 14.3. The van der Waals surface area contributed by atoms with Gasteiger partial charge in [-0.2, -0.15) is 0 Å². The largest absolute Gasteiger partial charge is 0.379 e. The monoisotopic (exact) mass is 412 g/mol. The standard InChI is InChI=1S/C21H18F2N4O3/c22-15-8-9-19(17(23)13-15)26(14-16-5-3-4-11-24-16)21(28)10-12-25-18-6-1-2-7-20(18)27(29)30/h1-9,11,13,25H,10,12,14H2. The minimum atomic E-state index is -0.870. The Bertz CT molecular complexity index is 1050. The number of amides is 1. The van der Waals surface area contributed by atoms with Gasteiger partial charge in [-0.25, -0.2) is 8.78 Å². The van der Waals surface area contributed by atoms with Crippen molar-refractivity contribution in [2.75, 3.05) is 16.8 Å². The van der Waals surface area contributed by atoms with Crippen molar-refractivity contribution in [3.05, 3.63) is 94.3 Å². The Morgan fingerprint density at radius 2 is 1.87 bits per heavy atom. The zero-order valence-corrected chi connectivity index (χ0v) is 15.8. The van der Waals surface area contributed by atoms with E-state index in [9.17, 15) is 23.7 Å². The van der Waals surface area contributed by atoms with Crippen molar-refractivity contribution in [2.24, 2.45) is 0 Å². The van der Waals surface area contributed by atoms with Gasteiger partial charge in [-0.1, -0.05) is 18.2 Å². The number of anilines is 2. The highest BCUT2D eigenvalue weighted by atomic mass is 19.1. The van der Waals surface area contributed by atoms with Crippen LogP contribution in [0.25, 0.3) is 0 Å². The average molecular weight is 412 g/mol.